The third-order valence-corrected chi connectivity index (χ3v) is 5.19. The van der Waals surface area contributed by atoms with Crippen LogP contribution in [0.2, 0.25) is 0 Å². The van der Waals surface area contributed by atoms with Crippen LogP contribution in [0.15, 0.2) is 54.2 Å². The van der Waals surface area contributed by atoms with E-state index in [4.69, 9.17) is 4.74 Å². The first-order chi connectivity index (χ1) is 13.2. The first-order valence-electron chi connectivity index (χ1n) is 8.43. The average Bonchev–Trinajstić information content (AvgIpc) is 3.32. The monoisotopic (exact) mass is 378 g/mol. The van der Waals surface area contributed by atoms with Crippen LogP contribution in [0.1, 0.15) is 16.1 Å². The standard InChI is InChI=1S/C20H18N4O2S/c1-24-11-16(15-4-3-9-21-18(15)24)20-23-17(12-27-20)19(25)22-10-13-5-7-14(26-2)8-6-13/h3-9,11-12H,10H2,1-2H3,(H,22,25). The number of thiazole rings is 1. The molecule has 4 rings (SSSR count). The van der Waals surface area contributed by atoms with Gasteiger partial charge in [-0.25, -0.2) is 9.97 Å². The van der Waals surface area contributed by atoms with Crippen molar-refractivity contribution in [2.24, 2.45) is 7.05 Å². The fraction of sp³-hybridized carbons (Fsp3) is 0.150. The second-order valence-electron chi connectivity index (χ2n) is 6.10. The van der Waals surface area contributed by atoms with Gasteiger partial charge in [0.05, 0.1) is 7.11 Å². The Morgan fingerprint density at radius 2 is 2.07 bits per heavy atom. The largest absolute Gasteiger partial charge is 0.497 e. The molecule has 1 aromatic carbocycles. The van der Waals surface area contributed by atoms with E-state index in [0.29, 0.717) is 12.2 Å². The van der Waals surface area contributed by atoms with Crippen LogP contribution in [0.3, 0.4) is 0 Å². The quantitative estimate of drug-likeness (QED) is 0.576. The van der Waals surface area contributed by atoms with Crippen molar-refractivity contribution < 1.29 is 9.53 Å². The molecule has 0 unspecified atom stereocenters. The summed E-state index contributed by atoms with van der Waals surface area (Å²) in [5.41, 5.74) is 3.30. The summed E-state index contributed by atoms with van der Waals surface area (Å²) in [6.07, 6.45) is 3.77. The number of fused-ring (bicyclic) bond motifs is 1. The SMILES string of the molecule is COc1ccc(CNC(=O)c2csc(-c3cn(C)c4ncccc34)n2)cc1. The molecule has 136 valence electrons. The third-order valence-electron chi connectivity index (χ3n) is 4.31. The number of rotatable bonds is 5. The van der Waals surface area contributed by atoms with Crippen LogP contribution in [0.25, 0.3) is 21.6 Å². The van der Waals surface area contributed by atoms with E-state index >= 15 is 0 Å². The highest BCUT2D eigenvalue weighted by Crippen LogP contribution is 2.31. The molecular weight excluding hydrogens is 360 g/mol. The highest BCUT2D eigenvalue weighted by Gasteiger charge is 2.15. The van der Waals surface area contributed by atoms with Crippen LogP contribution in [0.4, 0.5) is 0 Å². The fourth-order valence-electron chi connectivity index (χ4n) is 2.90. The highest BCUT2D eigenvalue weighted by molar-refractivity contribution is 7.13. The minimum Gasteiger partial charge on any atom is -0.497 e. The summed E-state index contributed by atoms with van der Waals surface area (Å²) in [7, 11) is 3.58. The summed E-state index contributed by atoms with van der Waals surface area (Å²) in [6.45, 7) is 0.438. The lowest BCUT2D eigenvalue weighted by Gasteiger charge is -2.05. The van der Waals surface area contributed by atoms with Gasteiger partial charge in [-0.2, -0.15) is 0 Å². The van der Waals surface area contributed by atoms with Gasteiger partial charge in [0.2, 0.25) is 0 Å². The van der Waals surface area contributed by atoms with Crippen LogP contribution < -0.4 is 10.1 Å². The maximum atomic E-state index is 12.4. The Hall–Kier alpha value is -3.19. The number of aryl methyl sites for hydroxylation is 1. The van der Waals surface area contributed by atoms with Crippen molar-refractivity contribution in [3.8, 4) is 16.3 Å². The number of ether oxygens (including phenoxy) is 1. The van der Waals surface area contributed by atoms with Crippen molar-refractivity contribution in [1.29, 1.82) is 0 Å². The fourth-order valence-corrected chi connectivity index (χ4v) is 3.72. The number of methoxy groups -OCH3 is 1. The topological polar surface area (TPSA) is 69.0 Å². The second kappa shape index (κ2) is 7.20. The molecule has 0 radical (unpaired) electrons. The van der Waals surface area contributed by atoms with Crippen LogP contribution in [0, 0.1) is 0 Å². The lowest BCUT2D eigenvalue weighted by molar-refractivity contribution is 0.0946. The van der Waals surface area contributed by atoms with Gasteiger partial charge in [-0.1, -0.05) is 12.1 Å². The molecule has 1 amide bonds. The molecule has 27 heavy (non-hydrogen) atoms. The Morgan fingerprint density at radius 1 is 1.26 bits per heavy atom. The molecule has 0 saturated carbocycles. The second-order valence-corrected chi connectivity index (χ2v) is 6.96. The Balaban J connectivity index is 1.50. The molecule has 0 aliphatic heterocycles. The molecule has 0 atom stereocenters. The molecule has 4 aromatic rings. The summed E-state index contributed by atoms with van der Waals surface area (Å²) >= 11 is 1.46. The summed E-state index contributed by atoms with van der Waals surface area (Å²) in [5, 5.41) is 6.53. The molecule has 6 nitrogen and oxygen atoms in total. The molecular formula is C20H18N4O2S. The maximum Gasteiger partial charge on any atom is 0.271 e. The van der Waals surface area contributed by atoms with Crippen LogP contribution in [-0.4, -0.2) is 27.6 Å². The van der Waals surface area contributed by atoms with Gasteiger partial charge < -0.3 is 14.6 Å². The molecule has 0 aliphatic rings. The van der Waals surface area contributed by atoms with E-state index in [-0.39, 0.29) is 5.91 Å². The van der Waals surface area contributed by atoms with Crippen LogP contribution in [-0.2, 0) is 13.6 Å². The minimum atomic E-state index is -0.188. The van der Waals surface area contributed by atoms with E-state index < -0.39 is 0 Å². The first kappa shape index (κ1) is 17.2. The molecule has 0 bridgehead atoms. The maximum absolute atomic E-state index is 12.4. The number of aromatic nitrogens is 3. The Labute approximate surface area is 160 Å². The number of hydrogen-bond acceptors (Lipinski definition) is 5. The van der Waals surface area contributed by atoms with Gasteiger partial charge in [0.1, 0.15) is 22.1 Å². The number of amides is 1. The zero-order chi connectivity index (χ0) is 18.8. The zero-order valence-electron chi connectivity index (χ0n) is 15.0. The first-order valence-corrected chi connectivity index (χ1v) is 9.31. The van der Waals surface area contributed by atoms with E-state index in [9.17, 15) is 4.79 Å². The molecule has 7 heteroatoms. The van der Waals surface area contributed by atoms with Crippen molar-refractivity contribution >= 4 is 28.3 Å². The summed E-state index contributed by atoms with van der Waals surface area (Å²) in [5.74, 6) is 0.602. The van der Waals surface area contributed by atoms with E-state index in [1.54, 1.807) is 18.7 Å². The Bertz CT molecular complexity index is 1100. The molecule has 1 N–H and O–H groups in total. The van der Waals surface area contributed by atoms with E-state index in [2.05, 4.69) is 15.3 Å². The molecule has 0 spiro atoms. The Kier molecular flexibility index (Phi) is 4.60. The normalized spacial score (nSPS) is 10.9. The molecule has 0 aliphatic carbocycles. The van der Waals surface area contributed by atoms with E-state index in [1.165, 1.54) is 11.3 Å². The van der Waals surface area contributed by atoms with Crippen molar-refractivity contribution in [2.75, 3.05) is 7.11 Å². The lowest BCUT2D eigenvalue weighted by atomic mass is 10.2. The number of nitrogens with one attached hydrogen (secondary N) is 1. The van der Waals surface area contributed by atoms with Crippen LogP contribution in [0.5, 0.6) is 5.75 Å². The summed E-state index contributed by atoms with van der Waals surface area (Å²) < 4.78 is 7.11. The molecule has 0 saturated heterocycles. The number of pyridine rings is 1. The van der Waals surface area contributed by atoms with Gasteiger partial charge >= 0.3 is 0 Å². The molecule has 3 heterocycles. The van der Waals surface area contributed by atoms with Gasteiger partial charge in [-0.3, -0.25) is 4.79 Å². The smallest absolute Gasteiger partial charge is 0.271 e. The predicted molar refractivity (Wildman–Crippen MR) is 106 cm³/mol. The van der Waals surface area contributed by atoms with Gasteiger partial charge in [0.15, 0.2) is 0 Å². The zero-order valence-corrected chi connectivity index (χ0v) is 15.8. The van der Waals surface area contributed by atoms with Crippen molar-refractivity contribution in [2.45, 2.75) is 6.54 Å². The van der Waals surface area contributed by atoms with E-state index in [1.807, 2.05) is 54.2 Å². The highest BCUT2D eigenvalue weighted by atomic mass is 32.1. The predicted octanol–water partition coefficient (Wildman–Crippen LogP) is 3.64. The number of benzene rings is 1. The third kappa shape index (κ3) is 3.41. The lowest BCUT2D eigenvalue weighted by Crippen LogP contribution is -2.23. The number of carbonyl (C=O) groups is 1. The molecule has 0 fully saturated rings. The van der Waals surface area contributed by atoms with E-state index in [0.717, 1.165) is 32.9 Å². The van der Waals surface area contributed by atoms with Gasteiger partial charge in [-0.05, 0) is 29.8 Å². The number of nitrogens with zero attached hydrogens (tertiary/aromatic N) is 3. The summed E-state index contributed by atoms with van der Waals surface area (Å²) in [6, 6.07) is 11.5. The number of carbonyl (C=O) groups excluding carboxylic acids is 1. The summed E-state index contributed by atoms with van der Waals surface area (Å²) in [4.78, 5) is 21.4. The van der Waals surface area contributed by atoms with Crippen molar-refractivity contribution in [1.82, 2.24) is 19.9 Å². The van der Waals surface area contributed by atoms with Crippen LogP contribution >= 0.6 is 11.3 Å². The van der Waals surface area contributed by atoms with Crippen molar-refractivity contribution in [3.05, 3.63) is 65.4 Å². The molecule has 3 aromatic heterocycles. The van der Waals surface area contributed by atoms with Gasteiger partial charge in [0, 0.05) is 42.3 Å². The van der Waals surface area contributed by atoms with Gasteiger partial charge in [0.25, 0.3) is 5.91 Å². The Morgan fingerprint density at radius 3 is 2.85 bits per heavy atom. The average molecular weight is 378 g/mol. The van der Waals surface area contributed by atoms with Gasteiger partial charge in [-0.15, -0.1) is 11.3 Å². The number of hydrogen-bond donors (Lipinski definition) is 1. The minimum absolute atomic E-state index is 0.188. The van der Waals surface area contributed by atoms with Crippen molar-refractivity contribution in [3.63, 3.8) is 0 Å².